The minimum Gasteiger partial charge on any atom is -0.352 e. The SMILES string of the molecule is Cc1ccc(N2C(=O)CC[C@H](C(=O)NCc3cccnc3)[C@H]2c2cccs2)cc1. The molecule has 5 nitrogen and oxygen atoms in total. The molecule has 4 rings (SSSR count). The van der Waals surface area contributed by atoms with Crippen LogP contribution in [-0.2, 0) is 16.1 Å². The largest absolute Gasteiger partial charge is 0.352 e. The highest BCUT2D eigenvalue weighted by Crippen LogP contribution is 2.41. The third-order valence-electron chi connectivity index (χ3n) is 5.27. The minimum atomic E-state index is -0.302. The van der Waals surface area contributed by atoms with Crippen LogP contribution in [0, 0.1) is 12.8 Å². The topological polar surface area (TPSA) is 62.3 Å². The molecule has 0 saturated carbocycles. The van der Waals surface area contributed by atoms with Gasteiger partial charge in [0, 0.05) is 35.9 Å². The molecule has 1 aromatic carbocycles. The van der Waals surface area contributed by atoms with Gasteiger partial charge in [-0.25, -0.2) is 0 Å². The number of carbonyl (C=O) groups is 2. The number of anilines is 1. The summed E-state index contributed by atoms with van der Waals surface area (Å²) in [7, 11) is 0. The van der Waals surface area contributed by atoms with E-state index < -0.39 is 0 Å². The molecule has 1 aliphatic rings. The molecule has 2 aromatic heterocycles. The molecule has 1 fully saturated rings. The van der Waals surface area contributed by atoms with Crippen molar-refractivity contribution in [3.05, 3.63) is 82.3 Å². The maximum atomic E-state index is 13.1. The lowest BCUT2D eigenvalue weighted by Crippen LogP contribution is -2.48. The number of amides is 2. The van der Waals surface area contributed by atoms with Crippen molar-refractivity contribution in [2.45, 2.75) is 32.4 Å². The lowest BCUT2D eigenvalue weighted by Gasteiger charge is -2.40. The fourth-order valence-electron chi connectivity index (χ4n) is 3.78. The second-order valence-electron chi connectivity index (χ2n) is 7.28. The van der Waals surface area contributed by atoms with E-state index >= 15 is 0 Å². The number of hydrogen-bond acceptors (Lipinski definition) is 4. The number of nitrogens with one attached hydrogen (secondary N) is 1. The predicted molar refractivity (Wildman–Crippen MR) is 115 cm³/mol. The van der Waals surface area contributed by atoms with Crippen LogP contribution in [0.2, 0.25) is 0 Å². The van der Waals surface area contributed by atoms with Crippen molar-refractivity contribution in [3.8, 4) is 0 Å². The van der Waals surface area contributed by atoms with Crippen LogP contribution in [0.3, 0.4) is 0 Å². The van der Waals surface area contributed by atoms with Crippen LogP contribution in [0.25, 0.3) is 0 Å². The van der Waals surface area contributed by atoms with Crippen molar-refractivity contribution in [1.82, 2.24) is 10.3 Å². The van der Waals surface area contributed by atoms with Gasteiger partial charge < -0.3 is 10.2 Å². The van der Waals surface area contributed by atoms with Crippen LogP contribution in [0.5, 0.6) is 0 Å². The van der Waals surface area contributed by atoms with Gasteiger partial charge in [0.25, 0.3) is 0 Å². The van der Waals surface area contributed by atoms with Gasteiger partial charge in [0.05, 0.1) is 12.0 Å². The highest BCUT2D eigenvalue weighted by atomic mass is 32.1. The Balaban J connectivity index is 1.62. The first-order chi connectivity index (χ1) is 14.1. The molecule has 0 radical (unpaired) electrons. The van der Waals surface area contributed by atoms with E-state index in [9.17, 15) is 9.59 Å². The number of rotatable bonds is 5. The summed E-state index contributed by atoms with van der Waals surface area (Å²) < 4.78 is 0. The number of hydrogen-bond donors (Lipinski definition) is 1. The second-order valence-corrected chi connectivity index (χ2v) is 8.26. The average Bonchev–Trinajstić information content (AvgIpc) is 3.28. The molecule has 148 valence electrons. The monoisotopic (exact) mass is 405 g/mol. The van der Waals surface area contributed by atoms with E-state index in [1.54, 1.807) is 23.7 Å². The summed E-state index contributed by atoms with van der Waals surface area (Å²) in [4.78, 5) is 33.0. The number of carbonyl (C=O) groups excluding carboxylic acids is 2. The van der Waals surface area contributed by atoms with Crippen molar-refractivity contribution in [3.63, 3.8) is 0 Å². The molecule has 6 heteroatoms. The molecule has 3 heterocycles. The van der Waals surface area contributed by atoms with Crippen LogP contribution >= 0.6 is 11.3 Å². The molecule has 0 unspecified atom stereocenters. The van der Waals surface area contributed by atoms with E-state index in [0.717, 1.165) is 21.7 Å². The van der Waals surface area contributed by atoms with Gasteiger partial charge in [-0.05, 0) is 48.6 Å². The first-order valence-electron chi connectivity index (χ1n) is 9.72. The fourth-order valence-corrected chi connectivity index (χ4v) is 4.67. The van der Waals surface area contributed by atoms with E-state index in [4.69, 9.17) is 0 Å². The lowest BCUT2D eigenvalue weighted by molar-refractivity contribution is -0.129. The van der Waals surface area contributed by atoms with Gasteiger partial charge in [0.2, 0.25) is 11.8 Å². The highest BCUT2D eigenvalue weighted by Gasteiger charge is 2.41. The molecule has 29 heavy (non-hydrogen) atoms. The quantitative estimate of drug-likeness (QED) is 0.690. The van der Waals surface area contributed by atoms with Crippen LogP contribution in [-0.4, -0.2) is 16.8 Å². The van der Waals surface area contributed by atoms with Gasteiger partial charge >= 0.3 is 0 Å². The number of piperidine rings is 1. The Kier molecular flexibility index (Phi) is 5.71. The Morgan fingerprint density at radius 2 is 2.03 bits per heavy atom. The molecular formula is C23H23N3O2S. The van der Waals surface area contributed by atoms with Gasteiger partial charge in [-0.15, -0.1) is 11.3 Å². The molecule has 2 amide bonds. The molecular weight excluding hydrogens is 382 g/mol. The number of nitrogens with zero attached hydrogens (tertiary/aromatic N) is 2. The summed E-state index contributed by atoms with van der Waals surface area (Å²) in [6.07, 6.45) is 4.37. The van der Waals surface area contributed by atoms with E-state index in [2.05, 4.69) is 10.3 Å². The smallest absolute Gasteiger partial charge is 0.227 e. The van der Waals surface area contributed by atoms with Gasteiger partial charge in [-0.3, -0.25) is 14.6 Å². The standard InChI is InChI=1S/C23H23N3O2S/c1-16-6-8-18(9-7-16)26-21(27)11-10-19(22(26)20-5-3-13-29-20)23(28)25-15-17-4-2-12-24-14-17/h2-9,12-14,19,22H,10-11,15H2,1H3,(H,25,28)/t19-,22-/m0/s1. The number of aromatic nitrogens is 1. The van der Waals surface area contributed by atoms with Crippen molar-refractivity contribution in [2.24, 2.45) is 5.92 Å². The lowest BCUT2D eigenvalue weighted by atomic mass is 9.86. The van der Waals surface area contributed by atoms with Crippen LogP contribution in [0.4, 0.5) is 5.69 Å². The van der Waals surface area contributed by atoms with Crippen molar-refractivity contribution < 1.29 is 9.59 Å². The summed E-state index contributed by atoms with van der Waals surface area (Å²) in [5.74, 6) is -0.273. The Morgan fingerprint density at radius 3 is 2.72 bits per heavy atom. The normalized spacial score (nSPS) is 19.2. The Morgan fingerprint density at radius 1 is 1.21 bits per heavy atom. The van der Waals surface area contributed by atoms with Crippen molar-refractivity contribution in [1.29, 1.82) is 0 Å². The summed E-state index contributed by atoms with van der Waals surface area (Å²) in [6, 6.07) is 15.4. The molecule has 3 aromatic rings. The average molecular weight is 406 g/mol. The minimum absolute atomic E-state index is 0.0307. The summed E-state index contributed by atoms with van der Waals surface area (Å²) in [5, 5.41) is 5.04. The van der Waals surface area contributed by atoms with Crippen LogP contribution in [0.1, 0.15) is 34.9 Å². The van der Waals surface area contributed by atoms with E-state index in [1.165, 1.54) is 0 Å². The molecule has 0 bridgehead atoms. The van der Waals surface area contributed by atoms with Gasteiger partial charge in [-0.2, -0.15) is 0 Å². The van der Waals surface area contributed by atoms with Crippen LogP contribution in [0.15, 0.2) is 66.3 Å². The summed E-state index contributed by atoms with van der Waals surface area (Å²) in [6.45, 7) is 2.45. The zero-order valence-corrected chi connectivity index (χ0v) is 17.1. The Bertz CT molecular complexity index is 971. The fraction of sp³-hybridized carbons (Fsp3) is 0.261. The van der Waals surface area contributed by atoms with Crippen molar-refractivity contribution >= 4 is 28.8 Å². The number of thiophene rings is 1. The van der Waals surface area contributed by atoms with E-state index in [1.807, 2.05) is 65.7 Å². The van der Waals surface area contributed by atoms with Gasteiger partial charge in [-0.1, -0.05) is 29.8 Å². The zero-order valence-electron chi connectivity index (χ0n) is 16.2. The maximum absolute atomic E-state index is 13.1. The first-order valence-corrected chi connectivity index (χ1v) is 10.6. The molecule has 1 aliphatic heterocycles. The van der Waals surface area contributed by atoms with Gasteiger partial charge in [0.1, 0.15) is 0 Å². The summed E-state index contributed by atoms with van der Waals surface area (Å²) in [5.41, 5.74) is 2.93. The van der Waals surface area contributed by atoms with Crippen LogP contribution < -0.4 is 10.2 Å². The van der Waals surface area contributed by atoms with Gasteiger partial charge in [0.15, 0.2) is 0 Å². The molecule has 1 N–H and O–H groups in total. The summed E-state index contributed by atoms with van der Waals surface area (Å²) >= 11 is 1.58. The molecule has 0 spiro atoms. The zero-order chi connectivity index (χ0) is 20.2. The second kappa shape index (κ2) is 8.57. The highest BCUT2D eigenvalue weighted by molar-refractivity contribution is 7.10. The Labute approximate surface area is 174 Å². The third-order valence-corrected chi connectivity index (χ3v) is 6.21. The van der Waals surface area contributed by atoms with E-state index in [-0.39, 0.29) is 23.8 Å². The predicted octanol–water partition coefficient (Wildman–Crippen LogP) is 4.25. The van der Waals surface area contributed by atoms with Crippen molar-refractivity contribution in [2.75, 3.05) is 4.90 Å². The molecule has 2 atom stereocenters. The number of aryl methyl sites for hydroxylation is 1. The first kappa shape index (κ1) is 19.3. The molecule has 1 saturated heterocycles. The van der Waals surface area contributed by atoms with E-state index in [0.29, 0.717) is 19.4 Å². The Hall–Kier alpha value is -2.99. The number of benzene rings is 1. The third kappa shape index (κ3) is 4.22. The molecule has 0 aliphatic carbocycles. The maximum Gasteiger partial charge on any atom is 0.227 e. The number of pyridine rings is 1.